The van der Waals surface area contributed by atoms with Gasteiger partial charge in [0.05, 0.1) is 17.3 Å². The lowest BCUT2D eigenvalue weighted by Crippen LogP contribution is -2.15. The molecule has 1 aromatic heterocycles. The number of hydrogen-bond acceptors (Lipinski definition) is 4. The number of carbonyl (C=O) groups is 1. The van der Waals surface area contributed by atoms with Crippen molar-refractivity contribution >= 4 is 44.9 Å². The Morgan fingerprint density at radius 1 is 1.32 bits per heavy atom. The minimum Gasteiger partial charge on any atom is -0.382 e. The Morgan fingerprint density at radius 3 is 2.84 bits per heavy atom. The molecule has 6 nitrogen and oxygen atoms in total. The fourth-order valence-electron chi connectivity index (χ4n) is 2.31. The van der Waals surface area contributed by atoms with Gasteiger partial charge in [-0.15, -0.1) is 5.10 Å². The first-order valence-corrected chi connectivity index (χ1v) is 8.62. The van der Waals surface area contributed by atoms with Gasteiger partial charge in [-0.1, -0.05) is 50.9 Å². The zero-order valence-corrected chi connectivity index (χ0v) is 15.7. The van der Waals surface area contributed by atoms with Crippen LogP contribution >= 0.6 is 27.5 Å². The third kappa shape index (κ3) is 4.00. The number of halogens is 2. The van der Waals surface area contributed by atoms with E-state index in [1.54, 1.807) is 12.1 Å². The van der Waals surface area contributed by atoms with E-state index in [-0.39, 0.29) is 11.5 Å². The molecule has 0 saturated heterocycles. The number of nitrogens with zero attached hydrogens (tertiary/aromatic N) is 3. The van der Waals surface area contributed by atoms with Gasteiger partial charge >= 0.3 is 0 Å². The molecule has 0 radical (unpaired) electrons. The Kier molecular flexibility index (Phi) is 5.06. The van der Waals surface area contributed by atoms with E-state index < -0.39 is 5.91 Å². The Labute approximate surface area is 158 Å². The molecule has 1 amide bonds. The summed E-state index contributed by atoms with van der Waals surface area (Å²) in [5, 5.41) is 11.0. The van der Waals surface area contributed by atoms with E-state index in [4.69, 9.17) is 17.3 Å². The number of nitrogens with one attached hydrogen (secondary N) is 1. The maximum Gasteiger partial charge on any atom is 0.280 e. The highest BCUT2D eigenvalue weighted by Gasteiger charge is 2.18. The highest BCUT2D eigenvalue weighted by molar-refractivity contribution is 9.10. The molecule has 0 atom stereocenters. The number of nitrogen functional groups attached to an aromatic ring is 1. The van der Waals surface area contributed by atoms with Crippen LogP contribution in [0.1, 0.15) is 21.6 Å². The Hall–Kier alpha value is -2.38. The van der Waals surface area contributed by atoms with Crippen molar-refractivity contribution in [1.29, 1.82) is 0 Å². The SMILES string of the molecule is Cc1ccc(NC(=O)c2nnn(Cc3cccc(Br)c3)c2N)c(Cl)c1. The van der Waals surface area contributed by atoms with Crippen LogP contribution in [0, 0.1) is 6.92 Å². The van der Waals surface area contributed by atoms with Crippen LogP contribution in [0.3, 0.4) is 0 Å². The van der Waals surface area contributed by atoms with Gasteiger partial charge in [-0.3, -0.25) is 4.79 Å². The van der Waals surface area contributed by atoms with E-state index in [0.29, 0.717) is 17.3 Å². The number of rotatable bonds is 4. The standard InChI is InChI=1S/C17H15BrClN5O/c1-10-5-6-14(13(19)7-10)21-17(25)15-16(20)24(23-22-15)9-11-3-2-4-12(18)8-11/h2-8H,9,20H2,1H3,(H,21,25). The van der Waals surface area contributed by atoms with Crippen molar-refractivity contribution in [1.82, 2.24) is 15.0 Å². The van der Waals surface area contributed by atoms with Gasteiger partial charge in [0.15, 0.2) is 11.5 Å². The quantitative estimate of drug-likeness (QED) is 0.670. The molecule has 0 spiro atoms. The molecule has 128 valence electrons. The molecule has 0 fully saturated rings. The summed E-state index contributed by atoms with van der Waals surface area (Å²) in [6.07, 6.45) is 0. The summed E-state index contributed by atoms with van der Waals surface area (Å²) >= 11 is 9.55. The van der Waals surface area contributed by atoms with Gasteiger partial charge in [-0.2, -0.15) is 0 Å². The van der Waals surface area contributed by atoms with Gasteiger partial charge in [0.2, 0.25) is 0 Å². The molecule has 0 aliphatic rings. The lowest BCUT2D eigenvalue weighted by atomic mass is 10.2. The maximum atomic E-state index is 12.4. The number of nitrogens with two attached hydrogens (primary N) is 1. The van der Waals surface area contributed by atoms with Gasteiger partial charge in [0, 0.05) is 4.47 Å². The Morgan fingerprint density at radius 2 is 2.12 bits per heavy atom. The van der Waals surface area contributed by atoms with Crippen molar-refractivity contribution in [3.05, 3.63) is 68.8 Å². The number of aromatic nitrogens is 3. The second kappa shape index (κ2) is 7.25. The van der Waals surface area contributed by atoms with Gasteiger partial charge in [-0.05, 0) is 42.3 Å². The summed E-state index contributed by atoms with van der Waals surface area (Å²) in [5.74, 6) is -0.260. The second-order valence-electron chi connectivity index (χ2n) is 5.55. The number of anilines is 2. The van der Waals surface area contributed by atoms with E-state index in [1.165, 1.54) is 4.68 Å². The fourth-order valence-corrected chi connectivity index (χ4v) is 3.04. The average molecular weight is 421 g/mol. The van der Waals surface area contributed by atoms with Crippen LogP contribution in [0.25, 0.3) is 0 Å². The van der Waals surface area contributed by atoms with E-state index >= 15 is 0 Å². The number of amides is 1. The molecular weight excluding hydrogens is 406 g/mol. The van der Waals surface area contributed by atoms with Crippen LogP contribution in [0.2, 0.25) is 5.02 Å². The summed E-state index contributed by atoms with van der Waals surface area (Å²) < 4.78 is 2.43. The summed E-state index contributed by atoms with van der Waals surface area (Å²) in [6.45, 7) is 2.33. The molecule has 0 bridgehead atoms. The first kappa shape index (κ1) is 17.4. The number of aryl methyl sites for hydroxylation is 1. The number of benzene rings is 2. The molecule has 8 heteroatoms. The normalized spacial score (nSPS) is 10.7. The molecule has 25 heavy (non-hydrogen) atoms. The predicted octanol–water partition coefficient (Wildman–Crippen LogP) is 3.89. The minimum atomic E-state index is -0.455. The second-order valence-corrected chi connectivity index (χ2v) is 6.87. The van der Waals surface area contributed by atoms with E-state index in [9.17, 15) is 4.79 Å². The molecule has 0 unspecified atom stereocenters. The van der Waals surface area contributed by atoms with Crippen LogP contribution in [0.4, 0.5) is 11.5 Å². The minimum absolute atomic E-state index is 0.0617. The van der Waals surface area contributed by atoms with E-state index in [1.807, 2.05) is 37.3 Å². The zero-order valence-electron chi connectivity index (χ0n) is 13.3. The van der Waals surface area contributed by atoms with Crippen LogP contribution in [0.15, 0.2) is 46.9 Å². The summed E-state index contributed by atoms with van der Waals surface area (Å²) in [6, 6.07) is 13.1. The molecular formula is C17H15BrClN5O. The fraction of sp³-hybridized carbons (Fsp3) is 0.118. The third-order valence-corrected chi connectivity index (χ3v) is 4.39. The number of carbonyl (C=O) groups excluding carboxylic acids is 1. The topological polar surface area (TPSA) is 85.8 Å². The van der Waals surface area contributed by atoms with E-state index in [2.05, 4.69) is 31.6 Å². The summed E-state index contributed by atoms with van der Waals surface area (Å²) in [4.78, 5) is 12.4. The van der Waals surface area contributed by atoms with Crippen molar-refractivity contribution in [2.24, 2.45) is 0 Å². The van der Waals surface area contributed by atoms with Crippen LogP contribution in [-0.2, 0) is 6.54 Å². The summed E-state index contributed by atoms with van der Waals surface area (Å²) in [7, 11) is 0. The molecule has 3 rings (SSSR count). The van der Waals surface area contributed by atoms with Crippen molar-refractivity contribution in [2.75, 3.05) is 11.1 Å². The van der Waals surface area contributed by atoms with Gasteiger partial charge in [0.1, 0.15) is 0 Å². The smallest absolute Gasteiger partial charge is 0.280 e. The monoisotopic (exact) mass is 419 g/mol. The van der Waals surface area contributed by atoms with Crippen LogP contribution < -0.4 is 11.1 Å². The van der Waals surface area contributed by atoms with Crippen molar-refractivity contribution in [2.45, 2.75) is 13.5 Å². The van der Waals surface area contributed by atoms with Crippen molar-refractivity contribution < 1.29 is 4.79 Å². The Balaban J connectivity index is 1.79. The van der Waals surface area contributed by atoms with Crippen LogP contribution in [-0.4, -0.2) is 20.9 Å². The lowest BCUT2D eigenvalue weighted by Gasteiger charge is -2.07. The van der Waals surface area contributed by atoms with Gasteiger partial charge < -0.3 is 11.1 Å². The predicted molar refractivity (Wildman–Crippen MR) is 102 cm³/mol. The molecule has 0 aliphatic heterocycles. The zero-order chi connectivity index (χ0) is 18.0. The van der Waals surface area contributed by atoms with E-state index in [0.717, 1.165) is 15.6 Å². The third-order valence-electron chi connectivity index (χ3n) is 3.58. The lowest BCUT2D eigenvalue weighted by molar-refractivity contribution is 0.102. The van der Waals surface area contributed by atoms with Crippen molar-refractivity contribution in [3.63, 3.8) is 0 Å². The maximum absolute atomic E-state index is 12.4. The molecule has 3 N–H and O–H groups in total. The highest BCUT2D eigenvalue weighted by atomic mass is 79.9. The van der Waals surface area contributed by atoms with Crippen LogP contribution in [0.5, 0.6) is 0 Å². The Bertz CT molecular complexity index is 941. The summed E-state index contributed by atoms with van der Waals surface area (Å²) in [5.41, 5.74) is 8.59. The molecule has 3 aromatic rings. The average Bonchev–Trinajstić information content (AvgIpc) is 2.91. The number of hydrogen-bond donors (Lipinski definition) is 2. The van der Waals surface area contributed by atoms with Gasteiger partial charge in [0.25, 0.3) is 5.91 Å². The largest absolute Gasteiger partial charge is 0.382 e. The molecule has 0 aliphatic carbocycles. The van der Waals surface area contributed by atoms with Crippen molar-refractivity contribution in [3.8, 4) is 0 Å². The first-order chi connectivity index (χ1) is 11.9. The highest BCUT2D eigenvalue weighted by Crippen LogP contribution is 2.24. The molecule has 0 saturated carbocycles. The molecule has 2 aromatic carbocycles. The molecule has 1 heterocycles. The van der Waals surface area contributed by atoms with Gasteiger partial charge in [-0.25, -0.2) is 4.68 Å². The first-order valence-electron chi connectivity index (χ1n) is 7.45.